The lowest BCUT2D eigenvalue weighted by Crippen LogP contribution is -2.42. The Balaban J connectivity index is 1.68. The molecule has 2 heterocycles. The van der Waals surface area contributed by atoms with Gasteiger partial charge in [0.05, 0.1) is 5.69 Å². The summed E-state index contributed by atoms with van der Waals surface area (Å²) in [6.07, 6.45) is 2.09. The van der Waals surface area contributed by atoms with E-state index in [2.05, 4.69) is 44.4 Å². The molecule has 1 aliphatic rings. The monoisotopic (exact) mass is 319 g/mol. The summed E-state index contributed by atoms with van der Waals surface area (Å²) in [5, 5.41) is 9.32. The Morgan fingerprint density at radius 1 is 1.35 bits per heavy atom. The lowest BCUT2D eigenvalue weighted by molar-refractivity contribution is 0.249. The second-order valence-corrected chi connectivity index (χ2v) is 6.02. The zero-order valence-electron chi connectivity index (χ0n) is 13.4. The van der Waals surface area contributed by atoms with E-state index in [-0.39, 0.29) is 11.8 Å². The van der Waals surface area contributed by atoms with Crippen LogP contribution in [0.2, 0.25) is 0 Å². The van der Waals surface area contributed by atoms with Crippen molar-refractivity contribution >= 4 is 23.3 Å². The SMILES string of the molecule is CN(C)C1CCN(c2ccc(Nc3n[nH]c(N)n3)cc2F)CC1. The highest BCUT2D eigenvalue weighted by Gasteiger charge is 2.22. The smallest absolute Gasteiger partial charge is 0.248 e. The average Bonchev–Trinajstić information content (AvgIpc) is 2.92. The molecule has 0 aliphatic carbocycles. The molecule has 1 fully saturated rings. The number of benzene rings is 1. The molecule has 8 heteroatoms. The first-order valence-electron chi connectivity index (χ1n) is 7.69. The van der Waals surface area contributed by atoms with E-state index >= 15 is 0 Å². The molecule has 1 aliphatic heterocycles. The Hall–Kier alpha value is -2.35. The summed E-state index contributed by atoms with van der Waals surface area (Å²) in [5.41, 5.74) is 6.69. The number of hydrogen-bond acceptors (Lipinski definition) is 6. The van der Waals surface area contributed by atoms with Crippen molar-refractivity contribution in [2.75, 3.05) is 43.1 Å². The van der Waals surface area contributed by atoms with Crippen molar-refractivity contribution in [3.63, 3.8) is 0 Å². The number of nitrogen functional groups attached to an aromatic ring is 1. The number of rotatable bonds is 4. The van der Waals surface area contributed by atoms with E-state index in [0.29, 0.717) is 23.4 Å². The molecule has 0 bridgehead atoms. The Morgan fingerprint density at radius 3 is 2.65 bits per heavy atom. The highest BCUT2D eigenvalue weighted by molar-refractivity contribution is 5.60. The van der Waals surface area contributed by atoms with Crippen LogP contribution in [-0.4, -0.2) is 53.3 Å². The van der Waals surface area contributed by atoms with E-state index in [1.54, 1.807) is 6.07 Å². The summed E-state index contributed by atoms with van der Waals surface area (Å²) in [5.74, 6) is 0.289. The number of nitrogens with one attached hydrogen (secondary N) is 2. The molecule has 124 valence electrons. The predicted molar refractivity (Wildman–Crippen MR) is 89.4 cm³/mol. The van der Waals surface area contributed by atoms with Gasteiger partial charge in [0, 0.05) is 24.8 Å². The van der Waals surface area contributed by atoms with E-state index in [1.807, 2.05) is 6.07 Å². The largest absolute Gasteiger partial charge is 0.369 e. The molecule has 1 aromatic carbocycles. The molecule has 23 heavy (non-hydrogen) atoms. The number of aromatic amines is 1. The predicted octanol–water partition coefficient (Wildman–Crippen LogP) is 1.80. The summed E-state index contributed by atoms with van der Waals surface area (Å²) in [6, 6.07) is 5.65. The van der Waals surface area contributed by atoms with Crippen molar-refractivity contribution in [2.24, 2.45) is 0 Å². The molecule has 0 unspecified atom stereocenters. The van der Waals surface area contributed by atoms with Crippen LogP contribution in [0, 0.1) is 5.82 Å². The van der Waals surface area contributed by atoms with E-state index in [1.165, 1.54) is 6.07 Å². The highest BCUT2D eigenvalue weighted by Crippen LogP contribution is 2.27. The van der Waals surface area contributed by atoms with Crippen LogP contribution in [0.3, 0.4) is 0 Å². The standard InChI is InChI=1S/C15H22FN7/c1-22(2)11-5-7-23(8-6-11)13-4-3-10(9-12(13)16)18-15-19-14(17)20-21-15/h3-4,9,11H,5-8H2,1-2H3,(H4,17,18,19,20,21). The number of aromatic nitrogens is 3. The first-order chi connectivity index (χ1) is 11.0. The number of piperidine rings is 1. The molecule has 0 atom stereocenters. The summed E-state index contributed by atoms with van der Waals surface area (Å²) >= 11 is 0. The van der Waals surface area contributed by atoms with Crippen molar-refractivity contribution in [3.05, 3.63) is 24.0 Å². The number of H-pyrrole nitrogens is 1. The third-order valence-corrected chi connectivity index (χ3v) is 4.24. The van der Waals surface area contributed by atoms with Gasteiger partial charge in [0.2, 0.25) is 11.9 Å². The van der Waals surface area contributed by atoms with Crippen molar-refractivity contribution < 1.29 is 4.39 Å². The fourth-order valence-corrected chi connectivity index (χ4v) is 2.92. The first-order valence-corrected chi connectivity index (χ1v) is 7.69. The fourth-order valence-electron chi connectivity index (χ4n) is 2.92. The number of nitrogens with zero attached hydrogens (tertiary/aromatic N) is 4. The van der Waals surface area contributed by atoms with Gasteiger partial charge in [-0.1, -0.05) is 0 Å². The van der Waals surface area contributed by atoms with Crippen molar-refractivity contribution in [2.45, 2.75) is 18.9 Å². The fraction of sp³-hybridized carbons (Fsp3) is 0.467. The number of hydrogen-bond donors (Lipinski definition) is 3. The Bertz CT molecular complexity index is 662. The third kappa shape index (κ3) is 3.53. The second-order valence-electron chi connectivity index (χ2n) is 6.02. The van der Waals surface area contributed by atoms with Crippen molar-refractivity contribution in [3.8, 4) is 0 Å². The normalized spacial score (nSPS) is 16.1. The molecule has 0 spiro atoms. The maximum atomic E-state index is 14.4. The minimum atomic E-state index is -0.248. The maximum Gasteiger partial charge on any atom is 0.248 e. The summed E-state index contributed by atoms with van der Waals surface area (Å²) < 4.78 is 14.4. The number of anilines is 4. The van der Waals surface area contributed by atoms with Gasteiger partial charge in [-0.3, -0.25) is 0 Å². The quantitative estimate of drug-likeness (QED) is 0.797. The zero-order valence-corrected chi connectivity index (χ0v) is 13.4. The minimum absolute atomic E-state index is 0.216. The van der Waals surface area contributed by atoms with Crippen LogP contribution in [0.15, 0.2) is 18.2 Å². The maximum absolute atomic E-state index is 14.4. The Morgan fingerprint density at radius 2 is 2.09 bits per heavy atom. The lowest BCUT2D eigenvalue weighted by Gasteiger charge is -2.36. The lowest BCUT2D eigenvalue weighted by atomic mass is 10.0. The number of nitrogens with two attached hydrogens (primary N) is 1. The third-order valence-electron chi connectivity index (χ3n) is 4.24. The van der Waals surface area contributed by atoms with E-state index in [0.717, 1.165) is 25.9 Å². The molecule has 7 nitrogen and oxygen atoms in total. The van der Waals surface area contributed by atoms with Crippen molar-refractivity contribution in [1.82, 2.24) is 20.1 Å². The highest BCUT2D eigenvalue weighted by atomic mass is 19.1. The summed E-state index contributed by atoms with van der Waals surface area (Å²) in [7, 11) is 4.19. The summed E-state index contributed by atoms with van der Waals surface area (Å²) in [6.45, 7) is 1.73. The summed E-state index contributed by atoms with van der Waals surface area (Å²) in [4.78, 5) is 8.28. The first kappa shape index (κ1) is 15.5. The molecule has 0 saturated carbocycles. The van der Waals surface area contributed by atoms with E-state index in [4.69, 9.17) is 5.73 Å². The molecule has 0 radical (unpaired) electrons. The van der Waals surface area contributed by atoms with Crippen LogP contribution in [-0.2, 0) is 0 Å². The van der Waals surface area contributed by atoms with Crippen LogP contribution >= 0.6 is 0 Å². The second kappa shape index (κ2) is 6.41. The van der Waals surface area contributed by atoms with Gasteiger partial charge in [-0.05, 0) is 45.1 Å². The molecule has 1 aromatic heterocycles. The van der Waals surface area contributed by atoms with Gasteiger partial charge in [-0.25, -0.2) is 9.49 Å². The van der Waals surface area contributed by atoms with Crippen LogP contribution < -0.4 is 16.0 Å². The van der Waals surface area contributed by atoms with E-state index < -0.39 is 0 Å². The van der Waals surface area contributed by atoms with Crippen LogP contribution in [0.4, 0.5) is 27.7 Å². The van der Waals surface area contributed by atoms with Gasteiger partial charge in [0.15, 0.2) is 0 Å². The van der Waals surface area contributed by atoms with Gasteiger partial charge in [-0.2, -0.15) is 4.98 Å². The Labute approximate surface area is 134 Å². The van der Waals surface area contributed by atoms with Gasteiger partial charge >= 0.3 is 0 Å². The van der Waals surface area contributed by atoms with Crippen LogP contribution in [0.1, 0.15) is 12.8 Å². The van der Waals surface area contributed by atoms with Crippen molar-refractivity contribution in [1.29, 1.82) is 0 Å². The van der Waals surface area contributed by atoms with Gasteiger partial charge in [-0.15, -0.1) is 5.10 Å². The van der Waals surface area contributed by atoms with Gasteiger partial charge in [0.1, 0.15) is 5.82 Å². The average molecular weight is 319 g/mol. The molecule has 1 saturated heterocycles. The van der Waals surface area contributed by atoms with Gasteiger partial charge in [0.25, 0.3) is 0 Å². The number of halogens is 1. The zero-order chi connectivity index (χ0) is 16.4. The molecular weight excluding hydrogens is 297 g/mol. The molecule has 2 aromatic rings. The minimum Gasteiger partial charge on any atom is -0.369 e. The molecule has 3 rings (SSSR count). The molecule has 4 N–H and O–H groups in total. The van der Waals surface area contributed by atoms with Gasteiger partial charge < -0.3 is 20.9 Å². The van der Waals surface area contributed by atoms with E-state index in [9.17, 15) is 4.39 Å². The van der Waals surface area contributed by atoms with Crippen LogP contribution in [0.25, 0.3) is 0 Å². The topological polar surface area (TPSA) is 86.1 Å². The Kier molecular flexibility index (Phi) is 4.33. The molecule has 0 amide bonds. The molecular formula is C15H22FN7. The van der Waals surface area contributed by atoms with Crippen LogP contribution in [0.5, 0.6) is 0 Å².